The summed E-state index contributed by atoms with van der Waals surface area (Å²) in [6.07, 6.45) is 6.01. The number of rotatable bonds is 2. The highest BCUT2D eigenvalue weighted by Gasteiger charge is 2.21. The molecule has 1 unspecified atom stereocenters. The van der Waals surface area contributed by atoms with Gasteiger partial charge >= 0.3 is 0 Å². The van der Waals surface area contributed by atoms with Crippen LogP contribution in [-0.4, -0.2) is 16.6 Å². The number of ether oxygens (including phenoxy) is 1. The molecule has 0 bridgehead atoms. The highest BCUT2D eigenvalue weighted by atomic mass is 79.9. The van der Waals surface area contributed by atoms with Crippen molar-refractivity contribution >= 4 is 21.6 Å². The summed E-state index contributed by atoms with van der Waals surface area (Å²) in [5.41, 5.74) is 2.09. The number of nitrogens with one attached hydrogen (secondary N) is 1. The highest BCUT2D eigenvalue weighted by molar-refractivity contribution is 9.10. The average Bonchev–Trinajstić information content (AvgIpc) is 2.41. The van der Waals surface area contributed by atoms with Crippen LogP contribution in [0.15, 0.2) is 41.4 Å². The van der Waals surface area contributed by atoms with Crippen molar-refractivity contribution in [2.24, 2.45) is 0 Å². The first-order valence-electron chi connectivity index (χ1n) is 5.77. The number of anilines is 1. The summed E-state index contributed by atoms with van der Waals surface area (Å²) in [4.78, 5) is 8.02. The highest BCUT2D eigenvalue weighted by Crippen LogP contribution is 2.35. The Bertz CT molecular complexity index is 547. The van der Waals surface area contributed by atoms with Gasteiger partial charge in [0, 0.05) is 16.5 Å². The predicted octanol–water partition coefficient (Wildman–Crippen LogP) is 3.17. The number of benzene rings is 1. The molecular weight excluding hydrogens is 294 g/mol. The van der Waals surface area contributed by atoms with E-state index in [0.717, 1.165) is 28.9 Å². The zero-order valence-electron chi connectivity index (χ0n) is 9.64. The Balaban J connectivity index is 1.89. The van der Waals surface area contributed by atoms with Gasteiger partial charge in [-0.2, -0.15) is 0 Å². The maximum absolute atomic E-state index is 5.65. The summed E-state index contributed by atoms with van der Waals surface area (Å²) in [5.74, 6) is 0.943. The second-order valence-corrected chi connectivity index (χ2v) is 5.06. The lowest BCUT2D eigenvalue weighted by Gasteiger charge is -2.27. The second kappa shape index (κ2) is 4.94. The third-order valence-corrected chi connectivity index (χ3v) is 3.41. The molecule has 4 nitrogen and oxygen atoms in total. The van der Waals surface area contributed by atoms with Crippen LogP contribution in [0.3, 0.4) is 0 Å². The third kappa shape index (κ3) is 2.31. The summed E-state index contributed by atoms with van der Waals surface area (Å²) in [6, 6.07) is 6.31. The van der Waals surface area contributed by atoms with E-state index in [9.17, 15) is 0 Å². The Kier molecular flexibility index (Phi) is 3.15. The number of fused-ring (bicyclic) bond motifs is 1. The van der Waals surface area contributed by atoms with Crippen LogP contribution in [0.1, 0.15) is 18.0 Å². The van der Waals surface area contributed by atoms with Crippen molar-refractivity contribution in [2.45, 2.75) is 12.5 Å². The minimum atomic E-state index is 0.234. The molecule has 0 spiro atoms. The number of aromatic nitrogens is 2. The van der Waals surface area contributed by atoms with E-state index in [-0.39, 0.29) is 6.04 Å². The van der Waals surface area contributed by atoms with Crippen molar-refractivity contribution in [3.05, 3.63) is 47.0 Å². The molecule has 5 heteroatoms. The lowest BCUT2D eigenvalue weighted by Crippen LogP contribution is -2.20. The topological polar surface area (TPSA) is 47.0 Å². The number of nitrogens with zero attached hydrogens (tertiary/aromatic N) is 2. The first kappa shape index (κ1) is 11.5. The Morgan fingerprint density at radius 2 is 2.11 bits per heavy atom. The van der Waals surface area contributed by atoms with Crippen molar-refractivity contribution in [3.8, 4) is 5.75 Å². The van der Waals surface area contributed by atoms with E-state index in [2.05, 4.69) is 37.3 Å². The summed E-state index contributed by atoms with van der Waals surface area (Å²) in [6.45, 7) is 0.722. The lowest BCUT2D eigenvalue weighted by atomic mass is 10.0. The molecule has 18 heavy (non-hydrogen) atoms. The molecule has 1 aromatic heterocycles. The van der Waals surface area contributed by atoms with Crippen LogP contribution in [0.5, 0.6) is 5.75 Å². The van der Waals surface area contributed by atoms with Gasteiger partial charge < -0.3 is 10.1 Å². The summed E-state index contributed by atoms with van der Waals surface area (Å²) < 4.78 is 6.71. The molecule has 1 aromatic carbocycles. The first-order valence-corrected chi connectivity index (χ1v) is 6.56. The smallest absolute Gasteiger partial charge is 0.124 e. The normalized spacial score (nSPS) is 17.7. The van der Waals surface area contributed by atoms with Crippen molar-refractivity contribution in [1.82, 2.24) is 9.97 Å². The molecule has 1 atom stereocenters. The van der Waals surface area contributed by atoms with E-state index in [0.29, 0.717) is 0 Å². The monoisotopic (exact) mass is 305 g/mol. The van der Waals surface area contributed by atoms with Gasteiger partial charge in [-0.3, -0.25) is 0 Å². The molecule has 2 aromatic rings. The number of halogens is 1. The van der Waals surface area contributed by atoms with Crippen LogP contribution in [0, 0.1) is 0 Å². The Hall–Kier alpha value is -1.62. The van der Waals surface area contributed by atoms with Crippen molar-refractivity contribution in [3.63, 3.8) is 0 Å². The molecule has 0 fully saturated rings. The summed E-state index contributed by atoms with van der Waals surface area (Å²) in [5, 5.41) is 3.44. The van der Waals surface area contributed by atoms with Crippen LogP contribution in [0.4, 0.5) is 5.69 Å². The van der Waals surface area contributed by atoms with Crippen LogP contribution in [-0.2, 0) is 0 Å². The van der Waals surface area contributed by atoms with Gasteiger partial charge in [0.2, 0.25) is 0 Å². The molecule has 1 aliphatic rings. The average molecular weight is 306 g/mol. The molecule has 0 radical (unpaired) electrons. The predicted molar refractivity (Wildman–Crippen MR) is 72.6 cm³/mol. The van der Waals surface area contributed by atoms with E-state index >= 15 is 0 Å². The molecule has 0 saturated carbocycles. The van der Waals surface area contributed by atoms with Crippen LogP contribution in [0.25, 0.3) is 0 Å². The van der Waals surface area contributed by atoms with Crippen molar-refractivity contribution < 1.29 is 4.74 Å². The SMILES string of the molecule is Brc1ccc2c(c1)C(Nc1cncnc1)CCO2. The van der Waals surface area contributed by atoms with Gasteiger partial charge in [0.15, 0.2) is 0 Å². The molecule has 0 aliphatic carbocycles. The fraction of sp³-hybridized carbons (Fsp3) is 0.231. The van der Waals surface area contributed by atoms with Crippen LogP contribution in [0.2, 0.25) is 0 Å². The van der Waals surface area contributed by atoms with Crippen LogP contribution >= 0.6 is 15.9 Å². The molecule has 92 valence electrons. The lowest BCUT2D eigenvalue weighted by molar-refractivity contribution is 0.274. The molecular formula is C13H12BrN3O. The van der Waals surface area contributed by atoms with Gasteiger partial charge in [0.25, 0.3) is 0 Å². The van der Waals surface area contributed by atoms with E-state index < -0.39 is 0 Å². The van der Waals surface area contributed by atoms with E-state index in [1.165, 1.54) is 11.9 Å². The fourth-order valence-electron chi connectivity index (χ4n) is 2.09. The molecule has 1 aliphatic heterocycles. The fourth-order valence-corrected chi connectivity index (χ4v) is 2.47. The molecule has 0 amide bonds. The Morgan fingerprint density at radius 3 is 2.94 bits per heavy atom. The van der Waals surface area contributed by atoms with E-state index in [1.807, 2.05) is 12.1 Å². The van der Waals surface area contributed by atoms with Gasteiger partial charge in [-0.25, -0.2) is 9.97 Å². The minimum absolute atomic E-state index is 0.234. The zero-order chi connectivity index (χ0) is 12.4. The Morgan fingerprint density at radius 1 is 1.28 bits per heavy atom. The third-order valence-electron chi connectivity index (χ3n) is 2.91. The largest absolute Gasteiger partial charge is 0.493 e. The summed E-state index contributed by atoms with van der Waals surface area (Å²) in [7, 11) is 0. The van der Waals surface area contributed by atoms with Gasteiger partial charge in [0.1, 0.15) is 12.1 Å². The van der Waals surface area contributed by atoms with Gasteiger partial charge in [-0.15, -0.1) is 0 Å². The molecule has 1 N–H and O–H groups in total. The van der Waals surface area contributed by atoms with Gasteiger partial charge in [0.05, 0.1) is 30.7 Å². The molecule has 3 rings (SSSR count). The Labute approximate surface area is 114 Å². The maximum Gasteiger partial charge on any atom is 0.124 e. The minimum Gasteiger partial charge on any atom is -0.493 e. The number of hydrogen-bond acceptors (Lipinski definition) is 4. The van der Waals surface area contributed by atoms with Crippen LogP contribution < -0.4 is 10.1 Å². The van der Waals surface area contributed by atoms with Gasteiger partial charge in [-0.1, -0.05) is 15.9 Å². The quantitative estimate of drug-likeness (QED) is 0.926. The van der Waals surface area contributed by atoms with E-state index in [4.69, 9.17) is 4.74 Å². The first-order chi connectivity index (χ1) is 8.83. The summed E-state index contributed by atoms with van der Waals surface area (Å²) >= 11 is 3.50. The zero-order valence-corrected chi connectivity index (χ0v) is 11.2. The van der Waals surface area contributed by atoms with E-state index in [1.54, 1.807) is 12.4 Å². The van der Waals surface area contributed by atoms with Gasteiger partial charge in [-0.05, 0) is 18.2 Å². The molecule has 0 saturated heterocycles. The standard InChI is InChI=1S/C13H12BrN3O/c14-9-1-2-13-11(5-9)12(3-4-18-13)17-10-6-15-8-16-7-10/h1-2,5-8,12,17H,3-4H2. The second-order valence-electron chi connectivity index (χ2n) is 4.14. The van der Waals surface area contributed by atoms with Crippen molar-refractivity contribution in [2.75, 3.05) is 11.9 Å². The van der Waals surface area contributed by atoms with Crippen molar-refractivity contribution in [1.29, 1.82) is 0 Å². The molecule has 2 heterocycles. The number of hydrogen-bond donors (Lipinski definition) is 1. The maximum atomic E-state index is 5.65.